The molecular weight excluding hydrogens is 324 g/mol. The zero-order valence-electron chi connectivity index (χ0n) is 14.1. The number of aryl methyl sites for hydroxylation is 2. The maximum Gasteiger partial charge on any atom is 0.262 e. The quantitative estimate of drug-likeness (QED) is 0.897. The summed E-state index contributed by atoms with van der Waals surface area (Å²) in [6, 6.07) is 10.4. The van der Waals surface area contributed by atoms with Gasteiger partial charge in [-0.15, -0.1) is 0 Å². The normalized spacial score (nSPS) is 15.8. The Kier molecular flexibility index (Phi) is 3.68. The van der Waals surface area contributed by atoms with Crippen molar-refractivity contribution in [1.82, 2.24) is 0 Å². The van der Waals surface area contributed by atoms with Gasteiger partial charge in [0.2, 0.25) is 5.91 Å². The number of fused-ring (bicyclic) bond motifs is 1. The standard InChI is InChI=1S/C18H20N2O3S/c1-11-5-6-12(2)16(9-11)24(22,23)20-13-7-8-15-14(10-13)18(3,4)17(21)19-15/h5-10,20H,1-4H3,(H,19,21). The van der Waals surface area contributed by atoms with Crippen LogP contribution in [-0.2, 0) is 20.2 Å². The largest absolute Gasteiger partial charge is 0.325 e. The molecule has 0 saturated carbocycles. The SMILES string of the molecule is Cc1ccc(C)c(S(=O)(=O)Nc2ccc3c(c2)C(C)(C)C(=O)N3)c1. The molecule has 1 aliphatic heterocycles. The van der Waals surface area contributed by atoms with E-state index in [4.69, 9.17) is 0 Å². The third-order valence-corrected chi connectivity index (χ3v) is 5.92. The molecule has 0 spiro atoms. The Labute approximate surface area is 142 Å². The van der Waals surface area contributed by atoms with E-state index in [1.807, 2.05) is 26.8 Å². The predicted octanol–water partition coefficient (Wildman–Crippen LogP) is 3.33. The highest BCUT2D eigenvalue weighted by molar-refractivity contribution is 7.92. The van der Waals surface area contributed by atoms with Gasteiger partial charge in [0.25, 0.3) is 10.0 Å². The fourth-order valence-electron chi connectivity index (χ4n) is 2.84. The lowest BCUT2D eigenvalue weighted by molar-refractivity contribution is -0.119. The van der Waals surface area contributed by atoms with Gasteiger partial charge in [0.15, 0.2) is 0 Å². The summed E-state index contributed by atoms with van der Waals surface area (Å²) in [5, 5.41) is 2.81. The van der Waals surface area contributed by atoms with Gasteiger partial charge in [-0.2, -0.15) is 0 Å². The lowest BCUT2D eigenvalue weighted by Crippen LogP contribution is -2.27. The fraction of sp³-hybridized carbons (Fsp3) is 0.278. The number of hydrogen-bond donors (Lipinski definition) is 2. The molecule has 1 amide bonds. The van der Waals surface area contributed by atoms with Crippen LogP contribution >= 0.6 is 0 Å². The van der Waals surface area contributed by atoms with E-state index in [0.29, 0.717) is 11.3 Å². The number of rotatable bonds is 3. The summed E-state index contributed by atoms with van der Waals surface area (Å²) < 4.78 is 28.0. The van der Waals surface area contributed by atoms with E-state index >= 15 is 0 Å². The lowest BCUT2D eigenvalue weighted by atomic mass is 9.86. The summed E-state index contributed by atoms with van der Waals surface area (Å²) in [5.74, 6) is -0.0907. The number of sulfonamides is 1. The van der Waals surface area contributed by atoms with Gasteiger partial charge in [-0.25, -0.2) is 8.42 Å². The molecule has 3 rings (SSSR count). The molecule has 0 atom stereocenters. The van der Waals surface area contributed by atoms with Gasteiger partial charge in [0.05, 0.1) is 10.3 Å². The maximum atomic E-state index is 12.7. The first kappa shape index (κ1) is 16.5. The first-order valence-electron chi connectivity index (χ1n) is 7.67. The first-order chi connectivity index (χ1) is 11.1. The molecule has 0 aromatic heterocycles. The first-order valence-corrected chi connectivity index (χ1v) is 9.15. The minimum Gasteiger partial charge on any atom is -0.325 e. The number of amides is 1. The van der Waals surface area contributed by atoms with Gasteiger partial charge in [-0.05, 0) is 68.7 Å². The number of nitrogens with one attached hydrogen (secondary N) is 2. The molecule has 2 aromatic carbocycles. The molecule has 2 aromatic rings. The van der Waals surface area contributed by atoms with Crippen molar-refractivity contribution in [2.75, 3.05) is 10.0 Å². The summed E-state index contributed by atoms with van der Waals surface area (Å²) in [6.07, 6.45) is 0. The van der Waals surface area contributed by atoms with Crippen molar-refractivity contribution in [1.29, 1.82) is 0 Å². The van der Waals surface area contributed by atoms with Crippen LogP contribution in [0, 0.1) is 13.8 Å². The summed E-state index contributed by atoms with van der Waals surface area (Å²) in [5.41, 5.74) is 2.83. The van der Waals surface area contributed by atoms with E-state index in [-0.39, 0.29) is 10.8 Å². The van der Waals surface area contributed by atoms with E-state index in [9.17, 15) is 13.2 Å². The second kappa shape index (κ2) is 5.34. The van der Waals surface area contributed by atoms with Crippen LogP contribution in [0.2, 0.25) is 0 Å². The van der Waals surface area contributed by atoms with Crippen molar-refractivity contribution in [3.8, 4) is 0 Å². The Morgan fingerprint density at radius 3 is 2.46 bits per heavy atom. The molecule has 0 bridgehead atoms. The van der Waals surface area contributed by atoms with Gasteiger partial charge in [0.1, 0.15) is 0 Å². The zero-order chi connectivity index (χ0) is 17.7. The highest BCUT2D eigenvalue weighted by Gasteiger charge is 2.38. The zero-order valence-corrected chi connectivity index (χ0v) is 14.9. The van der Waals surface area contributed by atoms with Crippen molar-refractivity contribution in [3.05, 3.63) is 53.1 Å². The number of hydrogen-bond acceptors (Lipinski definition) is 3. The molecule has 2 N–H and O–H groups in total. The highest BCUT2D eigenvalue weighted by atomic mass is 32.2. The van der Waals surface area contributed by atoms with Gasteiger partial charge in [-0.1, -0.05) is 12.1 Å². The molecule has 126 valence electrons. The molecule has 1 heterocycles. The van der Waals surface area contributed by atoms with E-state index in [1.165, 1.54) is 0 Å². The van der Waals surface area contributed by atoms with Crippen LogP contribution in [0.15, 0.2) is 41.3 Å². The minimum atomic E-state index is -3.69. The van der Waals surface area contributed by atoms with E-state index in [0.717, 1.165) is 16.8 Å². The second-order valence-electron chi connectivity index (χ2n) is 6.71. The number of carbonyl (C=O) groups is 1. The molecule has 0 radical (unpaired) electrons. The molecule has 1 aliphatic rings. The molecule has 6 heteroatoms. The van der Waals surface area contributed by atoms with Gasteiger partial charge >= 0.3 is 0 Å². The molecule has 0 saturated heterocycles. The number of benzene rings is 2. The van der Waals surface area contributed by atoms with Crippen LogP contribution in [0.5, 0.6) is 0 Å². The Bertz CT molecular complexity index is 947. The topological polar surface area (TPSA) is 75.3 Å². The van der Waals surface area contributed by atoms with Crippen molar-refractivity contribution >= 4 is 27.3 Å². The smallest absolute Gasteiger partial charge is 0.262 e. The summed E-state index contributed by atoms with van der Waals surface area (Å²) in [7, 11) is -3.69. The van der Waals surface area contributed by atoms with Gasteiger partial charge in [0, 0.05) is 11.4 Å². The third-order valence-electron chi connectivity index (χ3n) is 4.39. The monoisotopic (exact) mass is 344 g/mol. The Morgan fingerprint density at radius 2 is 1.75 bits per heavy atom. The maximum absolute atomic E-state index is 12.7. The van der Waals surface area contributed by atoms with E-state index in [2.05, 4.69) is 10.0 Å². The third kappa shape index (κ3) is 2.67. The Morgan fingerprint density at radius 1 is 1.04 bits per heavy atom. The lowest BCUT2D eigenvalue weighted by Gasteiger charge is -2.17. The average Bonchev–Trinajstić information content (AvgIpc) is 2.72. The van der Waals surface area contributed by atoms with Gasteiger partial charge < -0.3 is 5.32 Å². The van der Waals surface area contributed by atoms with Crippen molar-refractivity contribution in [3.63, 3.8) is 0 Å². The molecule has 0 fully saturated rings. The average molecular weight is 344 g/mol. The van der Waals surface area contributed by atoms with Crippen LogP contribution in [0.4, 0.5) is 11.4 Å². The summed E-state index contributed by atoms with van der Waals surface area (Å²) in [4.78, 5) is 12.3. The van der Waals surface area contributed by atoms with Crippen molar-refractivity contribution in [2.24, 2.45) is 0 Å². The van der Waals surface area contributed by atoms with E-state index < -0.39 is 15.4 Å². The van der Waals surface area contributed by atoms with Crippen LogP contribution in [0.25, 0.3) is 0 Å². The Balaban J connectivity index is 1.99. The van der Waals surface area contributed by atoms with Gasteiger partial charge in [-0.3, -0.25) is 9.52 Å². The Hall–Kier alpha value is -2.34. The predicted molar refractivity (Wildman–Crippen MR) is 94.8 cm³/mol. The minimum absolute atomic E-state index is 0.0907. The summed E-state index contributed by atoms with van der Waals surface area (Å²) >= 11 is 0. The molecule has 5 nitrogen and oxygen atoms in total. The number of anilines is 2. The molecule has 0 aliphatic carbocycles. The van der Waals surface area contributed by atoms with E-state index in [1.54, 1.807) is 37.3 Å². The van der Waals surface area contributed by atoms with Crippen molar-refractivity contribution < 1.29 is 13.2 Å². The van der Waals surface area contributed by atoms with Crippen LogP contribution < -0.4 is 10.0 Å². The second-order valence-corrected chi connectivity index (χ2v) is 8.36. The fourth-order valence-corrected chi connectivity index (χ4v) is 4.22. The molecular formula is C18H20N2O3S. The number of carbonyl (C=O) groups excluding carboxylic acids is 1. The molecule has 24 heavy (non-hydrogen) atoms. The molecule has 0 unspecified atom stereocenters. The van der Waals surface area contributed by atoms with Crippen LogP contribution in [0.3, 0.4) is 0 Å². The highest BCUT2D eigenvalue weighted by Crippen LogP contribution is 2.39. The summed E-state index contributed by atoms with van der Waals surface area (Å²) in [6.45, 7) is 7.25. The van der Waals surface area contributed by atoms with Crippen LogP contribution in [-0.4, -0.2) is 14.3 Å². The van der Waals surface area contributed by atoms with Crippen molar-refractivity contribution in [2.45, 2.75) is 38.0 Å². The van der Waals surface area contributed by atoms with Crippen LogP contribution in [0.1, 0.15) is 30.5 Å².